The molecule has 1 aliphatic heterocycles. The molecule has 2 heterocycles. The monoisotopic (exact) mass is 476 g/mol. The largest absolute Gasteiger partial charge is 0.496 e. The van der Waals surface area contributed by atoms with Crippen molar-refractivity contribution in [1.29, 1.82) is 0 Å². The van der Waals surface area contributed by atoms with Gasteiger partial charge in [-0.3, -0.25) is 9.36 Å². The van der Waals surface area contributed by atoms with E-state index in [0.29, 0.717) is 37.8 Å². The van der Waals surface area contributed by atoms with E-state index in [1.807, 2.05) is 42.5 Å². The fourth-order valence-electron chi connectivity index (χ4n) is 4.11. The van der Waals surface area contributed by atoms with Crippen LogP contribution in [0.1, 0.15) is 56.3 Å². The summed E-state index contributed by atoms with van der Waals surface area (Å²) >= 11 is 1.31. The molecule has 0 aliphatic carbocycles. The fourth-order valence-corrected chi connectivity index (χ4v) is 5.15. The minimum Gasteiger partial charge on any atom is -0.496 e. The fraction of sp³-hybridized carbons (Fsp3) is 0.296. The van der Waals surface area contributed by atoms with Crippen LogP contribution >= 0.6 is 11.3 Å². The van der Waals surface area contributed by atoms with Gasteiger partial charge in [0.15, 0.2) is 4.80 Å². The molecule has 7 heteroatoms. The van der Waals surface area contributed by atoms with Gasteiger partial charge in [0.1, 0.15) is 11.8 Å². The zero-order valence-corrected chi connectivity index (χ0v) is 20.8. The summed E-state index contributed by atoms with van der Waals surface area (Å²) in [6, 6.07) is 14.9. The molecule has 2 aromatic carbocycles. The number of thiazole rings is 1. The second-order valence-electron chi connectivity index (χ2n) is 8.37. The first-order chi connectivity index (χ1) is 16.3. The van der Waals surface area contributed by atoms with Gasteiger partial charge in [-0.2, -0.15) is 0 Å². The van der Waals surface area contributed by atoms with Crippen LogP contribution in [0, 0.1) is 0 Å². The van der Waals surface area contributed by atoms with Crippen molar-refractivity contribution in [2.75, 3.05) is 13.7 Å². The highest BCUT2D eigenvalue weighted by Crippen LogP contribution is 2.35. The van der Waals surface area contributed by atoms with Crippen molar-refractivity contribution in [3.63, 3.8) is 0 Å². The third-order valence-corrected chi connectivity index (χ3v) is 6.83. The number of carbonyl (C=O) groups excluding carboxylic acids is 1. The van der Waals surface area contributed by atoms with Crippen LogP contribution in [0.5, 0.6) is 5.75 Å². The molecule has 4 rings (SSSR count). The third-order valence-electron chi connectivity index (χ3n) is 5.85. The maximum atomic E-state index is 13.7. The van der Waals surface area contributed by atoms with Crippen molar-refractivity contribution in [3.8, 4) is 5.75 Å². The second-order valence-corrected chi connectivity index (χ2v) is 9.37. The van der Waals surface area contributed by atoms with Gasteiger partial charge >= 0.3 is 5.97 Å². The zero-order valence-electron chi connectivity index (χ0n) is 20.0. The quantitative estimate of drug-likeness (QED) is 0.506. The smallest absolute Gasteiger partial charge is 0.338 e. The van der Waals surface area contributed by atoms with E-state index >= 15 is 0 Å². The first-order valence-electron chi connectivity index (χ1n) is 11.3. The molecule has 0 saturated carbocycles. The molecule has 1 aromatic heterocycles. The van der Waals surface area contributed by atoms with Gasteiger partial charge < -0.3 is 9.47 Å². The van der Waals surface area contributed by atoms with Gasteiger partial charge in [-0.25, -0.2) is 9.79 Å². The molecule has 0 spiro atoms. The molecule has 0 amide bonds. The van der Waals surface area contributed by atoms with Crippen LogP contribution in [0.3, 0.4) is 0 Å². The highest BCUT2D eigenvalue weighted by atomic mass is 32.1. The average molecular weight is 477 g/mol. The zero-order chi connectivity index (χ0) is 24.4. The number of hydrogen-bond acceptors (Lipinski definition) is 6. The Morgan fingerprint density at radius 1 is 1.18 bits per heavy atom. The summed E-state index contributed by atoms with van der Waals surface area (Å²) < 4.78 is 13.1. The van der Waals surface area contributed by atoms with E-state index in [-0.39, 0.29) is 12.2 Å². The van der Waals surface area contributed by atoms with Crippen molar-refractivity contribution >= 4 is 23.4 Å². The van der Waals surface area contributed by atoms with Crippen LogP contribution in [0.15, 0.2) is 69.6 Å². The molecular formula is C27H28N2O4S. The van der Waals surface area contributed by atoms with Crippen LogP contribution in [0.4, 0.5) is 0 Å². The molecule has 6 nitrogen and oxygen atoms in total. The van der Waals surface area contributed by atoms with E-state index in [4.69, 9.17) is 9.47 Å². The number of ether oxygens (including phenoxy) is 2. The van der Waals surface area contributed by atoms with Crippen molar-refractivity contribution in [2.45, 2.75) is 39.7 Å². The predicted molar refractivity (Wildman–Crippen MR) is 134 cm³/mol. The van der Waals surface area contributed by atoms with E-state index in [0.717, 1.165) is 5.56 Å². The molecule has 0 N–H and O–H groups in total. The standard InChI is InChI=1S/C27H28N2O4S/c1-6-33-26(31)23-17(4)28-27-29(24(23)20-9-7-8-10-21(20)32-5)25(30)22(34-27)15-18-11-13-19(14-12-18)16(2)3/h7-16,24H,6H2,1-5H3/b22-15-. The van der Waals surface area contributed by atoms with Gasteiger partial charge in [-0.15, -0.1) is 0 Å². The van der Waals surface area contributed by atoms with E-state index in [9.17, 15) is 9.59 Å². The molecular weight excluding hydrogens is 448 g/mol. The number of aromatic nitrogens is 1. The van der Waals surface area contributed by atoms with Crippen LogP contribution in [-0.2, 0) is 9.53 Å². The third kappa shape index (κ3) is 4.35. The average Bonchev–Trinajstić information content (AvgIpc) is 3.13. The first-order valence-corrected chi connectivity index (χ1v) is 12.1. The number of para-hydroxylation sites is 1. The molecule has 1 unspecified atom stereocenters. The number of rotatable bonds is 6. The summed E-state index contributed by atoms with van der Waals surface area (Å²) in [6.45, 7) is 8.05. The molecule has 0 radical (unpaired) electrons. The van der Waals surface area contributed by atoms with E-state index in [1.54, 1.807) is 25.5 Å². The Morgan fingerprint density at radius 2 is 1.88 bits per heavy atom. The molecule has 3 aromatic rings. The number of esters is 1. The number of carbonyl (C=O) groups is 1. The summed E-state index contributed by atoms with van der Waals surface area (Å²) in [6.07, 6.45) is 1.87. The first kappa shape index (κ1) is 23.7. The Bertz CT molecular complexity index is 1430. The van der Waals surface area contributed by atoms with Crippen molar-refractivity contribution < 1.29 is 14.3 Å². The maximum absolute atomic E-state index is 13.7. The van der Waals surface area contributed by atoms with Crippen molar-refractivity contribution in [3.05, 3.63) is 96.2 Å². The highest BCUT2D eigenvalue weighted by Gasteiger charge is 2.34. The molecule has 1 atom stereocenters. The van der Waals surface area contributed by atoms with Gasteiger partial charge in [0.2, 0.25) is 0 Å². The van der Waals surface area contributed by atoms with Gasteiger partial charge in [-0.1, -0.05) is 67.6 Å². The van der Waals surface area contributed by atoms with Crippen molar-refractivity contribution in [1.82, 2.24) is 4.57 Å². The van der Waals surface area contributed by atoms with E-state index in [2.05, 4.69) is 31.0 Å². The summed E-state index contributed by atoms with van der Waals surface area (Å²) in [5, 5.41) is 0. The summed E-state index contributed by atoms with van der Waals surface area (Å²) in [5.74, 6) is 0.533. The van der Waals surface area contributed by atoms with Crippen LogP contribution in [0.25, 0.3) is 6.08 Å². The molecule has 0 saturated heterocycles. The van der Waals surface area contributed by atoms with Gasteiger partial charge in [0, 0.05) is 5.56 Å². The number of allylic oxidation sites excluding steroid dienone is 1. The Labute approximate surface area is 202 Å². The molecule has 0 fully saturated rings. The van der Waals surface area contributed by atoms with E-state index in [1.165, 1.54) is 16.9 Å². The maximum Gasteiger partial charge on any atom is 0.338 e. The van der Waals surface area contributed by atoms with Gasteiger partial charge in [0.25, 0.3) is 5.56 Å². The minimum absolute atomic E-state index is 0.207. The summed E-state index contributed by atoms with van der Waals surface area (Å²) in [4.78, 5) is 31.8. The lowest BCUT2D eigenvalue weighted by atomic mass is 9.95. The Morgan fingerprint density at radius 3 is 2.53 bits per heavy atom. The lowest BCUT2D eigenvalue weighted by Gasteiger charge is -2.25. The number of benzene rings is 2. The number of hydrogen-bond donors (Lipinski definition) is 0. The second kappa shape index (κ2) is 9.81. The van der Waals surface area contributed by atoms with E-state index < -0.39 is 12.0 Å². The van der Waals surface area contributed by atoms with Crippen LogP contribution in [0.2, 0.25) is 0 Å². The highest BCUT2D eigenvalue weighted by molar-refractivity contribution is 7.07. The predicted octanol–water partition coefficient (Wildman–Crippen LogP) is 3.93. The topological polar surface area (TPSA) is 69.9 Å². The summed E-state index contributed by atoms with van der Waals surface area (Å²) in [5.41, 5.74) is 3.54. The van der Waals surface area contributed by atoms with Crippen LogP contribution in [-0.4, -0.2) is 24.3 Å². The molecule has 34 heavy (non-hydrogen) atoms. The number of methoxy groups -OCH3 is 1. The SMILES string of the molecule is CCOC(=O)C1=C(C)N=c2s/c(=C\c3ccc(C(C)C)cc3)c(=O)n2C1c1ccccc1OC. The summed E-state index contributed by atoms with van der Waals surface area (Å²) in [7, 11) is 1.57. The Balaban J connectivity index is 1.93. The Hall–Kier alpha value is -3.45. The molecule has 176 valence electrons. The minimum atomic E-state index is -0.697. The normalized spacial score (nSPS) is 15.8. The molecule has 1 aliphatic rings. The lowest BCUT2D eigenvalue weighted by molar-refractivity contribution is -0.139. The van der Waals surface area contributed by atoms with Gasteiger partial charge in [0.05, 0.1) is 29.5 Å². The number of fused-ring (bicyclic) bond motifs is 1. The lowest BCUT2D eigenvalue weighted by Crippen LogP contribution is -2.40. The van der Waals surface area contributed by atoms with Crippen LogP contribution < -0.4 is 19.6 Å². The molecule has 0 bridgehead atoms. The Kier molecular flexibility index (Phi) is 6.84. The number of nitrogens with zero attached hydrogens (tertiary/aromatic N) is 2. The van der Waals surface area contributed by atoms with Gasteiger partial charge in [-0.05, 0) is 43.0 Å². The van der Waals surface area contributed by atoms with Crippen molar-refractivity contribution in [2.24, 2.45) is 4.99 Å².